The average molecular weight is 294 g/mol. The predicted octanol–water partition coefficient (Wildman–Crippen LogP) is 2.17. The smallest absolute Gasteiger partial charge is 0.373 e. The van der Waals surface area contributed by atoms with Crippen LogP contribution in [0.4, 0.5) is 0 Å². The topological polar surface area (TPSA) is 35.5 Å². The summed E-state index contributed by atoms with van der Waals surface area (Å²) in [5.74, 6) is -0.0460. The van der Waals surface area contributed by atoms with Crippen LogP contribution in [-0.2, 0) is 14.3 Å². The standard InChI is InChI=1S/C9H11IO3/c1-12-8-5-4-7(3-2-6-10)13-9(8)11/h2,5-7H,3-4H2,1H3/b6-2+/t7-/m1/s1. The maximum Gasteiger partial charge on any atom is 0.373 e. The molecule has 13 heavy (non-hydrogen) atoms. The number of hydrogen-bond donors (Lipinski definition) is 0. The molecule has 1 rings (SSSR count). The van der Waals surface area contributed by atoms with Crippen LogP contribution in [0.15, 0.2) is 22.0 Å². The van der Waals surface area contributed by atoms with Gasteiger partial charge in [-0.05, 0) is 10.2 Å². The molecule has 0 bridgehead atoms. The highest BCUT2D eigenvalue weighted by Gasteiger charge is 2.22. The van der Waals surface area contributed by atoms with Gasteiger partial charge in [-0.3, -0.25) is 0 Å². The zero-order valence-electron chi connectivity index (χ0n) is 7.33. The molecule has 1 aliphatic heterocycles. The molecule has 72 valence electrons. The van der Waals surface area contributed by atoms with E-state index in [-0.39, 0.29) is 12.1 Å². The van der Waals surface area contributed by atoms with Crippen molar-refractivity contribution in [1.82, 2.24) is 0 Å². The normalized spacial score (nSPS) is 22.8. The van der Waals surface area contributed by atoms with Gasteiger partial charge in [0, 0.05) is 12.8 Å². The Labute approximate surface area is 90.9 Å². The molecule has 0 spiro atoms. The van der Waals surface area contributed by atoms with E-state index in [0.29, 0.717) is 5.76 Å². The van der Waals surface area contributed by atoms with E-state index in [1.807, 2.05) is 10.2 Å². The number of carbonyl (C=O) groups excluding carboxylic acids is 1. The van der Waals surface area contributed by atoms with Gasteiger partial charge in [0.2, 0.25) is 0 Å². The number of rotatable bonds is 3. The first-order valence-corrected chi connectivity index (χ1v) is 5.23. The van der Waals surface area contributed by atoms with E-state index in [1.54, 1.807) is 6.08 Å². The lowest BCUT2D eigenvalue weighted by molar-refractivity contribution is -0.149. The molecule has 0 unspecified atom stereocenters. The summed E-state index contributed by atoms with van der Waals surface area (Å²) in [6.07, 6.45) is 5.22. The van der Waals surface area contributed by atoms with Gasteiger partial charge in [0.15, 0.2) is 5.76 Å². The molecule has 0 fully saturated rings. The lowest BCUT2D eigenvalue weighted by Gasteiger charge is -2.20. The molecule has 0 radical (unpaired) electrons. The lowest BCUT2D eigenvalue weighted by atomic mass is 10.1. The highest BCUT2D eigenvalue weighted by Crippen LogP contribution is 2.17. The minimum absolute atomic E-state index is 0.0302. The fourth-order valence-corrected chi connectivity index (χ4v) is 1.39. The van der Waals surface area contributed by atoms with Crippen molar-refractivity contribution in [3.8, 4) is 0 Å². The fraction of sp³-hybridized carbons (Fsp3) is 0.444. The molecule has 0 N–H and O–H groups in total. The van der Waals surface area contributed by atoms with Gasteiger partial charge in [-0.1, -0.05) is 28.7 Å². The van der Waals surface area contributed by atoms with Gasteiger partial charge in [0.1, 0.15) is 6.10 Å². The Kier molecular flexibility index (Phi) is 4.27. The van der Waals surface area contributed by atoms with Crippen LogP contribution in [-0.4, -0.2) is 19.2 Å². The Hall–Kier alpha value is -0.520. The van der Waals surface area contributed by atoms with Gasteiger partial charge in [-0.25, -0.2) is 4.79 Å². The predicted molar refractivity (Wildman–Crippen MR) is 57.4 cm³/mol. The van der Waals surface area contributed by atoms with Crippen LogP contribution in [0, 0.1) is 0 Å². The second kappa shape index (κ2) is 5.26. The van der Waals surface area contributed by atoms with E-state index in [1.165, 1.54) is 7.11 Å². The molecule has 4 heteroatoms. The number of cyclic esters (lactones) is 1. The van der Waals surface area contributed by atoms with Crippen molar-refractivity contribution in [2.24, 2.45) is 0 Å². The summed E-state index contributed by atoms with van der Waals surface area (Å²) in [5, 5.41) is 0. The average Bonchev–Trinajstić information content (AvgIpc) is 2.15. The Morgan fingerprint density at radius 1 is 1.85 bits per heavy atom. The second-order valence-corrected chi connectivity index (χ2v) is 3.35. The molecule has 3 nitrogen and oxygen atoms in total. The minimum atomic E-state index is -0.361. The lowest BCUT2D eigenvalue weighted by Crippen LogP contribution is -2.23. The summed E-state index contributed by atoms with van der Waals surface area (Å²) in [7, 11) is 1.47. The highest BCUT2D eigenvalue weighted by atomic mass is 127. The maximum absolute atomic E-state index is 11.2. The van der Waals surface area contributed by atoms with E-state index >= 15 is 0 Å². The monoisotopic (exact) mass is 294 g/mol. The zero-order chi connectivity index (χ0) is 9.68. The molecule has 0 aromatic heterocycles. The van der Waals surface area contributed by atoms with Gasteiger partial charge in [-0.2, -0.15) is 0 Å². The van der Waals surface area contributed by atoms with Crippen LogP contribution in [0.1, 0.15) is 12.8 Å². The summed E-state index contributed by atoms with van der Waals surface area (Å²) in [6.45, 7) is 0. The Balaban J connectivity index is 2.50. The third-order valence-corrected chi connectivity index (χ3v) is 2.26. The van der Waals surface area contributed by atoms with Crippen molar-refractivity contribution in [2.45, 2.75) is 18.9 Å². The Bertz CT molecular complexity index is 245. The number of esters is 1. The van der Waals surface area contributed by atoms with Crippen molar-refractivity contribution in [1.29, 1.82) is 0 Å². The Morgan fingerprint density at radius 2 is 2.62 bits per heavy atom. The van der Waals surface area contributed by atoms with Crippen molar-refractivity contribution in [3.63, 3.8) is 0 Å². The van der Waals surface area contributed by atoms with E-state index in [4.69, 9.17) is 9.47 Å². The van der Waals surface area contributed by atoms with Crippen LogP contribution in [0.3, 0.4) is 0 Å². The molecule has 0 aromatic carbocycles. The summed E-state index contributed by atoms with van der Waals surface area (Å²) in [5.41, 5.74) is 0. The number of carbonyl (C=O) groups is 1. The molecular weight excluding hydrogens is 283 g/mol. The first-order chi connectivity index (χ1) is 6.27. The van der Waals surface area contributed by atoms with Gasteiger partial charge in [0.25, 0.3) is 0 Å². The van der Waals surface area contributed by atoms with E-state index in [2.05, 4.69) is 22.6 Å². The summed E-state index contributed by atoms with van der Waals surface area (Å²) >= 11 is 2.14. The van der Waals surface area contributed by atoms with Crippen LogP contribution >= 0.6 is 22.6 Å². The molecule has 0 amide bonds. The minimum Gasteiger partial charge on any atom is -0.490 e. The van der Waals surface area contributed by atoms with Gasteiger partial charge < -0.3 is 9.47 Å². The molecular formula is C9H11IO3. The first kappa shape index (κ1) is 10.6. The molecule has 0 aliphatic carbocycles. The van der Waals surface area contributed by atoms with Gasteiger partial charge in [0.05, 0.1) is 7.11 Å². The van der Waals surface area contributed by atoms with Crippen LogP contribution < -0.4 is 0 Å². The van der Waals surface area contributed by atoms with E-state index in [9.17, 15) is 4.79 Å². The summed E-state index contributed by atoms with van der Waals surface area (Å²) < 4.78 is 11.8. The first-order valence-electron chi connectivity index (χ1n) is 3.98. The fourth-order valence-electron chi connectivity index (χ4n) is 1.09. The molecule has 0 saturated heterocycles. The van der Waals surface area contributed by atoms with Crippen molar-refractivity contribution < 1.29 is 14.3 Å². The number of methoxy groups -OCH3 is 1. The quantitative estimate of drug-likeness (QED) is 0.591. The van der Waals surface area contributed by atoms with Crippen LogP contribution in [0.2, 0.25) is 0 Å². The molecule has 1 aliphatic rings. The van der Waals surface area contributed by atoms with Crippen LogP contribution in [0.25, 0.3) is 0 Å². The SMILES string of the molecule is COC1=CC[C@@H](C/C=C/I)OC1=O. The van der Waals surface area contributed by atoms with Crippen molar-refractivity contribution in [3.05, 3.63) is 22.0 Å². The van der Waals surface area contributed by atoms with E-state index in [0.717, 1.165) is 12.8 Å². The summed E-state index contributed by atoms with van der Waals surface area (Å²) in [6, 6.07) is 0. The molecule has 0 saturated carbocycles. The molecule has 1 heterocycles. The Morgan fingerprint density at radius 3 is 3.15 bits per heavy atom. The summed E-state index contributed by atoms with van der Waals surface area (Å²) in [4.78, 5) is 11.2. The molecule has 0 aromatic rings. The van der Waals surface area contributed by atoms with Gasteiger partial charge in [-0.15, -0.1) is 0 Å². The van der Waals surface area contributed by atoms with E-state index < -0.39 is 0 Å². The largest absolute Gasteiger partial charge is 0.490 e. The number of ether oxygens (including phenoxy) is 2. The molecule has 1 atom stereocenters. The van der Waals surface area contributed by atoms with Crippen molar-refractivity contribution >= 4 is 28.6 Å². The third kappa shape index (κ3) is 3.02. The van der Waals surface area contributed by atoms with Crippen LogP contribution in [0.5, 0.6) is 0 Å². The maximum atomic E-state index is 11.2. The number of hydrogen-bond acceptors (Lipinski definition) is 3. The zero-order valence-corrected chi connectivity index (χ0v) is 9.48. The third-order valence-electron chi connectivity index (χ3n) is 1.75. The van der Waals surface area contributed by atoms with Crippen molar-refractivity contribution in [2.75, 3.05) is 7.11 Å². The second-order valence-electron chi connectivity index (χ2n) is 2.63. The highest BCUT2D eigenvalue weighted by molar-refractivity contribution is 14.1. The number of halogens is 1. The van der Waals surface area contributed by atoms with Gasteiger partial charge >= 0.3 is 5.97 Å².